The molecule has 4 nitrogen and oxygen atoms in total. The number of fused-ring (bicyclic) bond motifs is 2. The number of carbonyl (C=O) groups is 2. The van der Waals surface area contributed by atoms with Gasteiger partial charge in [0.2, 0.25) is 11.6 Å². The van der Waals surface area contributed by atoms with Gasteiger partial charge in [0, 0.05) is 0 Å². The summed E-state index contributed by atoms with van der Waals surface area (Å²) in [6.07, 6.45) is 0. The van der Waals surface area contributed by atoms with E-state index in [2.05, 4.69) is 0 Å². The van der Waals surface area contributed by atoms with Crippen molar-refractivity contribution >= 4 is 56.9 Å². The highest BCUT2D eigenvalue weighted by molar-refractivity contribution is 7.34. The predicted octanol–water partition coefficient (Wildman–Crippen LogP) is 1.43. The molecule has 2 aromatic rings. The fourth-order valence-corrected chi connectivity index (χ4v) is 5.51. The highest BCUT2D eigenvalue weighted by atomic mass is 32.2. The number of rotatable bonds is 0. The molecule has 0 saturated heterocycles. The molecule has 0 aromatic carbocycles. The molecule has 0 bridgehead atoms. The average Bonchev–Trinajstić information content (AvgIpc) is 2.78. The van der Waals surface area contributed by atoms with E-state index in [1.54, 1.807) is 0 Å². The molecule has 8 heteroatoms. The molecule has 1 aliphatic rings. The number of hydrogen-bond donors (Lipinski definition) is 0. The molecule has 0 saturated carbocycles. The predicted molar refractivity (Wildman–Crippen MR) is 63.8 cm³/mol. The third-order valence-electron chi connectivity index (χ3n) is 1.98. The van der Waals surface area contributed by atoms with Crippen LogP contribution in [0.5, 0.6) is 0 Å². The molecule has 0 spiro atoms. The summed E-state index contributed by atoms with van der Waals surface area (Å²) in [7, 11) is 0. The summed E-state index contributed by atoms with van der Waals surface area (Å²) in [5, 5.41) is 0. The summed E-state index contributed by atoms with van der Waals surface area (Å²) in [6.45, 7) is 0. The van der Waals surface area contributed by atoms with Crippen LogP contribution in [0.2, 0.25) is 0 Å². The summed E-state index contributed by atoms with van der Waals surface area (Å²) >= 11 is 3.11. The van der Waals surface area contributed by atoms with Crippen LogP contribution in [0.3, 0.4) is 0 Å². The normalized spacial score (nSPS) is 13.8. The van der Waals surface area contributed by atoms with Crippen molar-refractivity contribution < 1.29 is 9.59 Å². The molecular formula is C8O4S4. The van der Waals surface area contributed by atoms with Gasteiger partial charge in [-0.25, -0.2) is 0 Å². The molecule has 0 unspecified atom stereocenters. The van der Waals surface area contributed by atoms with Crippen LogP contribution in [-0.2, 0) is 0 Å². The van der Waals surface area contributed by atoms with E-state index >= 15 is 0 Å². The minimum Gasteiger partial charge on any atom is -0.287 e. The van der Waals surface area contributed by atoms with Crippen molar-refractivity contribution in [3.05, 3.63) is 37.2 Å². The highest BCUT2D eigenvalue weighted by Gasteiger charge is 2.35. The molecule has 0 atom stereocenters. The average molecular weight is 288 g/mol. The standard InChI is InChI=1S/C8O4S4/c9-1-3-5(15-7(11)13-3)2(10)6-4(1)14-8(12)16-6. The van der Waals surface area contributed by atoms with Gasteiger partial charge < -0.3 is 0 Å². The Labute approximate surface area is 103 Å². The quantitative estimate of drug-likeness (QED) is 0.627. The molecule has 80 valence electrons. The van der Waals surface area contributed by atoms with Gasteiger partial charge in [0.05, 0.1) is 0 Å². The molecule has 2 heterocycles. The maximum absolute atomic E-state index is 11.9. The molecule has 0 fully saturated rings. The Balaban J connectivity index is 2.41. The number of ketones is 2. The smallest absolute Gasteiger partial charge is 0.287 e. The third-order valence-corrected chi connectivity index (χ3v) is 6.28. The largest absolute Gasteiger partial charge is 0.288 e. The van der Waals surface area contributed by atoms with Gasteiger partial charge in [-0.2, -0.15) is 0 Å². The van der Waals surface area contributed by atoms with Crippen LogP contribution in [0.25, 0.3) is 0 Å². The van der Waals surface area contributed by atoms with Crippen LogP contribution >= 0.6 is 45.3 Å². The summed E-state index contributed by atoms with van der Waals surface area (Å²) in [6, 6.07) is 0. The first-order chi connectivity index (χ1) is 7.58. The van der Waals surface area contributed by atoms with Gasteiger partial charge in [-0.15, -0.1) is 0 Å². The van der Waals surface area contributed by atoms with Crippen molar-refractivity contribution in [3.63, 3.8) is 0 Å². The summed E-state index contributed by atoms with van der Waals surface area (Å²) in [4.78, 5) is 46.8. The zero-order chi connectivity index (χ0) is 11.4. The Kier molecular flexibility index (Phi) is 2.08. The zero-order valence-electron chi connectivity index (χ0n) is 7.27. The van der Waals surface area contributed by atoms with E-state index in [0.29, 0.717) is 0 Å². The van der Waals surface area contributed by atoms with Gasteiger partial charge in [-0.1, -0.05) is 45.3 Å². The summed E-state index contributed by atoms with van der Waals surface area (Å²) < 4.78 is -0.539. The fraction of sp³-hybridized carbons (Fsp3) is 0. The Bertz CT molecular complexity index is 623. The Morgan fingerprint density at radius 2 is 0.750 bits per heavy atom. The van der Waals surface area contributed by atoms with E-state index in [1.807, 2.05) is 0 Å². The molecule has 1 aliphatic carbocycles. The van der Waals surface area contributed by atoms with Crippen molar-refractivity contribution in [2.24, 2.45) is 0 Å². The van der Waals surface area contributed by atoms with E-state index < -0.39 is 0 Å². The van der Waals surface area contributed by atoms with E-state index in [9.17, 15) is 19.2 Å². The van der Waals surface area contributed by atoms with E-state index in [4.69, 9.17) is 0 Å². The van der Waals surface area contributed by atoms with Gasteiger partial charge in [-0.3, -0.25) is 19.2 Å². The summed E-state index contributed by atoms with van der Waals surface area (Å²) in [5.41, 5.74) is 0. The Morgan fingerprint density at radius 1 is 0.500 bits per heavy atom. The molecule has 0 N–H and O–H groups in total. The van der Waals surface area contributed by atoms with E-state index in [1.165, 1.54) is 0 Å². The van der Waals surface area contributed by atoms with Crippen LogP contribution < -0.4 is 8.11 Å². The Morgan fingerprint density at radius 3 is 1.00 bits per heavy atom. The molecule has 0 aliphatic heterocycles. The van der Waals surface area contributed by atoms with Crippen molar-refractivity contribution in [1.29, 1.82) is 0 Å². The van der Waals surface area contributed by atoms with Gasteiger partial charge in [0.25, 0.3) is 8.11 Å². The van der Waals surface area contributed by atoms with Crippen molar-refractivity contribution in [3.8, 4) is 0 Å². The SMILES string of the molecule is O=C1c2sc(=O)sc2C(=O)c2sc(=O)sc21. The highest BCUT2D eigenvalue weighted by Crippen LogP contribution is 2.34. The lowest BCUT2D eigenvalue weighted by atomic mass is 10.1. The molecule has 2 aromatic heterocycles. The molecule has 16 heavy (non-hydrogen) atoms. The van der Waals surface area contributed by atoms with Gasteiger partial charge in [0.1, 0.15) is 19.5 Å². The zero-order valence-corrected chi connectivity index (χ0v) is 10.5. The van der Waals surface area contributed by atoms with Crippen LogP contribution in [-0.4, -0.2) is 11.6 Å². The van der Waals surface area contributed by atoms with Gasteiger partial charge >= 0.3 is 0 Å². The first kappa shape index (κ1) is 10.2. The maximum Gasteiger partial charge on any atom is 0.288 e. The lowest BCUT2D eigenvalue weighted by Gasteiger charge is -2.06. The lowest BCUT2D eigenvalue weighted by Crippen LogP contribution is -2.14. The minimum absolute atomic E-state index is 0.182. The molecule has 0 amide bonds. The van der Waals surface area contributed by atoms with E-state index in [-0.39, 0.29) is 39.2 Å². The Hall–Kier alpha value is -0.960. The maximum atomic E-state index is 11.9. The van der Waals surface area contributed by atoms with Gasteiger partial charge in [0.15, 0.2) is 0 Å². The summed E-state index contributed by atoms with van der Waals surface area (Å²) in [5.74, 6) is -0.729. The second-order valence-corrected chi connectivity index (χ2v) is 7.33. The first-order valence-electron chi connectivity index (χ1n) is 3.95. The monoisotopic (exact) mass is 288 g/mol. The number of hydrogen-bond acceptors (Lipinski definition) is 8. The minimum atomic E-state index is -0.365. The molecular weight excluding hydrogens is 288 g/mol. The van der Waals surface area contributed by atoms with E-state index in [0.717, 1.165) is 45.3 Å². The lowest BCUT2D eigenvalue weighted by molar-refractivity contribution is 0.0991. The van der Waals surface area contributed by atoms with Crippen molar-refractivity contribution in [2.45, 2.75) is 0 Å². The van der Waals surface area contributed by atoms with Gasteiger partial charge in [-0.05, 0) is 0 Å². The molecule has 0 radical (unpaired) electrons. The van der Waals surface area contributed by atoms with Crippen molar-refractivity contribution in [2.75, 3.05) is 0 Å². The second kappa shape index (κ2) is 3.27. The topological polar surface area (TPSA) is 68.3 Å². The van der Waals surface area contributed by atoms with Crippen LogP contribution in [0.15, 0.2) is 9.59 Å². The molecule has 3 rings (SSSR count). The van der Waals surface area contributed by atoms with Crippen LogP contribution in [0, 0.1) is 0 Å². The first-order valence-corrected chi connectivity index (χ1v) is 7.22. The fourth-order valence-electron chi connectivity index (χ4n) is 1.36. The van der Waals surface area contributed by atoms with Crippen molar-refractivity contribution in [1.82, 2.24) is 0 Å². The number of carbonyl (C=O) groups excluding carboxylic acids is 2. The van der Waals surface area contributed by atoms with Crippen LogP contribution in [0.1, 0.15) is 29.1 Å². The third kappa shape index (κ3) is 1.24. The van der Waals surface area contributed by atoms with Crippen LogP contribution in [0.4, 0.5) is 0 Å². The second-order valence-electron chi connectivity index (χ2n) is 2.88.